The number of benzene rings is 1. The number of rotatable bonds is 1. The SMILES string of the molecule is [2H]C([2H])=C([2H])c1cccc(C(F)(F)F)c1. The van der Waals surface area contributed by atoms with Crippen LogP contribution in [0.15, 0.2) is 30.8 Å². The van der Waals surface area contributed by atoms with Crippen molar-refractivity contribution in [3.63, 3.8) is 0 Å². The summed E-state index contributed by atoms with van der Waals surface area (Å²) in [6, 6.07) is 3.52. The summed E-state index contributed by atoms with van der Waals surface area (Å²) in [7, 11) is 0. The van der Waals surface area contributed by atoms with Gasteiger partial charge in [-0.1, -0.05) is 24.7 Å². The zero-order chi connectivity index (χ0) is 11.6. The second-order valence-corrected chi connectivity index (χ2v) is 2.20. The Kier molecular flexibility index (Phi) is 1.36. The molecule has 0 atom stereocenters. The molecule has 12 heavy (non-hydrogen) atoms. The molecule has 0 aromatic heterocycles. The Bertz CT molecular complexity index is 392. The van der Waals surface area contributed by atoms with Gasteiger partial charge in [0.1, 0.15) is 0 Å². The average molecular weight is 175 g/mol. The minimum atomic E-state index is -4.47. The fourth-order valence-electron chi connectivity index (χ4n) is 0.773. The molecule has 0 heterocycles. The highest BCUT2D eigenvalue weighted by Crippen LogP contribution is 2.29. The third kappa shape index (κ3) is 1.87. The first-order valence-corrected chi connectivity index (χ1v) is 3.14. The van der Waals surface area contributed by atoms with Gasteiger partial charge in [-0.2, -0.15) is 13.2 Å². The number of alkyl halides is 3. The molecule has 1 rings (SSSR count). The number of halogens is 3. The molecule has 1 aromatic carbocycles. The van der Waals surface area contributed by atoms with Gasteiger partial charge in [-0.25, -0.2) is 0 Å². The second kappa shape index (κ2) is 3.01. The van der Waals surface area contributed by atoms with Crippen molar-refractivity contribution in [2.75, 3.05) is 0 Å². The molecule has 0 saturated carbocycles. The van der Waals surface area contributed by atoms with Crippen LogP contribution in [0.5, 0.6) is 0 Å². The van der Waals surface area contributed by atoms with E-state index in [-0.39, 0.29) is 5.56 Å². The summed E-state index contributed by atoms with van der Waals surface area (Å²) < 4.78 is 57.6. The highest BCUT2D eigenvalue weighted by Gasteiger charge is 2.29. The van der Waals surface area contributed by atoms with Gasteiger partial charge in [-0.05, 0) is 17.7 Å². The number of hydrogen-bond acceptors (Lipinski definition) is 0. The van der Waals surface area contributed by atoms with Crippen molar-refractivity contribution in [2.24, 2.45) is 0 Å². The first kappa shape index (κ1) is 5.41. The molecule has 0 aliphatic carbocycles. The molecular formula is C9H7F3. The molecule has 0 nitrogen and oxygen atoms in total. The van der Waals surface area contributed by atoms with E-state index in [1.165, 1.54) is 6.07 Å². The molecule has 0 amide bonds. The van der Waals surface area contributed by atoms with Crippen molar-refractivity contribution in [3.05, 3.63) is 41.9 Å². The second-order valence-electron chi connectivity index (χ2n) is 2.20. The molecule has 0 radical (unpaired) electrons. The first-order chi connectivity index (χ1) is 6.82. The van der Waals surface area contributed by atoms with Gasteiger partial charge in [0.05, 0.1) is 9.68 Å². The van der Waals surface area contributed by atoms with Crippen molar-refractivity contribution < 1.29 is 17.3 Å². The number of hydrogen-bond donors (Lipinski definition) is 0. The van der Waals surface area contributed by atoms with E-state index in [4.69, 9.17) is 4.11 Å². The van der Waals surface area contributed by atoms with Crippen LogP contribution in [-0.2, 0) is 6.18 Å². The van der Waals surface area contributed by atoms with Gasteiger partial charge in [0.2, 0.25) is 0 Å². The topological polar surface area (TPSA) is 0 Å². The van der Waals surface area contributed by atoms with Crippen LogP contribution in [0.4, 0.5) is 13.2 Å². The normalized spacial score (nSPS) is 14.4. The molecule has 1 aromatic rings. The molecule has 0 unspecified atom stereocenters. The van der Waals surface area contributed by atoms with E-state index in [1.807, 2.05) is 0 Å². The van der Waals surface area contributed by atoms with Crippen LogP contribution in [0.2, 0.25) is 0 Å². The lowest BCUT2D eigenvalue weighted by Crippen LogP contribution is -2.04. The molecule has 64 valence electrons. The highest BCUT2D eigenvalue weighted by atomic mass is 19.4. The van der Waals surface area contributed by atoms with E-state index in [0.29, 0.717) is 0 Å². The van der Waals surface area contributed by atoms with Crippen LogP contribution in [-0.4, -0.2) is 0 Å². The summed E-state index contributed by atoms with van der Waals surface area (Å²) in [6.45, 7) is -0.811. The van der Waals surface area contributed by atoms with Crippen molar-refractivity contribution in [1.82, 2.24) is 0 Å². The molecule has 0 saturated heterocycles. The van der Waals surface area contributed by atoms with Crippen LogP contribution in [0.3, 0.4) is 0 Å². The average Bonchev–Trinajstić information content (AvgIpc) is 2.15. The van der Waals surface area contributed by atoms with E-state index in [0.717, 1.165) is 18.2 Å². The van der Waals surface area contributed by atoms with Crippen molar-refractivity contribution in [2.45, 2.75) is 6.18 Å². The predicted molar refractivity (Wildman–Crippen MR) is 41.5 cm³/mol. The van der Waals surface area contributed by atoms with Crippen LogP contribution in [0.1, 0.15) is 15.2 Å². The first-order valence-electron chi connectivity index (χ1n) is 4.64. The van der Waals surface area contributed by atoms with Crippen LogP contribution >= 0.6 is 0 Å². The van der Waals surface area contributed by atoms with Crippen LogP contribution < -0.4 is 0 Å². The van der Waals surface area contributed by atoms with E-state index in [1.54, 1.807) is 0 Å². The van der Waals surface area contributed by atoms with Gasteiger partial charge in [0, 0.05) is 0 Å². The molecule has 0 N–H and O–H groups in total. The zero-order valence-corrected chi connectivity index (χ0v) is 5.94. The van der Waals surface area contributed by atoms with E-state index in [9.17, 15) is 13.2 Å². The maximum atomic E-state index is 12.3. The van der Waals surface area contributed by atoms with Gasteiger partial charge in [0.25, 0.3) is 0 Å². The van der Waals surface area contributed by atoms with Crippen molar-refractivity contribution in [3.8, 4) is 0 Å². The summed E-state index contributed by atoms with van der Waals surface area (Å²) in [5, 5.41) is 0. The fraction of sp³-hybridized carbons (Fsp3) is 0.111. The summed E-state index contributed by atoms with van der Waals surface area (Å²) in [5.74, 6) is 0. The van der Waals surface area contributed by atoms with E-state index in [2.05, 4.69) is 0 Å². The smallest absolute Gasteiger partial charge is 0.166 e. The minimum Gasteiger partial charge on any atom is -0.166 e. The van der Waals surface area contributed by atoms with E-state index < -0.39 is 24.3 Å². The van der Waals surface area contributed by atoms with Gasteiger partial charge in [-0.15, -0.1) is 0 Å². The van der Waals surface area contributed by atoms with Crippen LogP contribution in [0.25, 0.3) is 6.05 Å². The Morgan fingerprint density at radius 3 is 2.83 bits per heavy atom. The molecule has 0 aliphatic rings. The molecule has 0 spiro atoms. The molecule has 0 aliphatic heterocycles. The Balaban J connectivity index is 3.21. The zero-order valence-electron chi connectivity index (χ0n) is 8.94. The maximum Gasteiger partial charge on any atom is 0.416 e. The van der Waals surface area contributed by atoms with Gasteiger partial charge >= 0.3 is 6.18 Å². The summed E-state index contributed by atoms with van der Waals surface area (Å²) >= 11 is 0. The third-order valence-electron chi connectivity index (χ3n) is 1.33. The summed E-state index contributed by atoms with van der Waals surface area (Å²) in [4.78, 5) is 0. The Labute approximate surface area is 72.5 Å². The highest BCUT2D eigenvalue weighted by molar-refractivity contribution is 5.48. The largest absolute Gasteiger partial charge is 0.416 e. The van der Waals surface area contributed by atoms with Crippen LogP contribution in [0, 0.1) is 0 Å². The monoisotopic (exact) mass is 175 g/mol. The quantitative estimate of drug-likeness (QED) is 0.614. The lowest BCUT2D eigenvalue weighted by molar-refractivity contribution is -0.137. The van der Waals surface area contributed by atoms with Gasteiger partial charge in [0.15, 0.2) is 0 Å². The summed E-state index contributed by atoms with van der Waals surface area (Å²) in [5.41, 5.74) is -0.962. The molecule has 0 bridgehead atoms. The van der Waals surface area contributed by atoms with Crippen molar-refractivity contribution >= 4 is 6.05 Å². The molecule has 3 heteroatoms. The molecular weight excluding hydrogens is 165 g/mol. The standard InChI is InChI=1S/C9H7F3/c1-2-7-4-3-5-8(6-7)9(10,11)12/h2-6H,1H2/i1D2,2D. The lowest BCUT2D eigenvalue weighted by Gasteiger charge is -2.06. The Morgan fingerprint density at radius 1 is 1.50 bits per heavy atom. The maximum absolute atomic E-state index is 12.3. The van der Waals surface area contributed by atoms with Gasteiger partial charge in [-0.3, -0.25) is 0 Å². The lowest BCUT2D eigenvalue weighted by atomic mass is 10.1. The fourth-order valence-corrected chi connectivity index (χ4v) is 0.773. The molecule has 0 fully saturated rings. The predicted octanol–water partition coefficient (Wildman–Crippen LogP) is 3.35. The van der Waals surface area contributed by atoms with Gasteiger partial charge < -0.3 is 0 Å². The van der Waals surface area contributed by atoms with E-state index >= 15 is 0 Å². The third-order valence-corrected chi connectivity index (χ3v) is 1.33. The Hall–Kier alpha value is -1.25. The van der Waals surface area contributed by atoms with Crippen molar-refractivity contribution in [1.29, 1.82) is 0 Å². The summed E-state index contributed by atoms with van der Waals surface area (Å²) in [6.07, 6.45) is -4.47. The Morgan fingerprint density at radius 2 is 2.25 bits per heavy atom. The minimum absolute atomic E-state index is 0.0789.